The van der Waals surface area contributed by atoms with E-state index in [1.807, 2.05) is 79.7 Å². The quantitative estimate of drug-likeness (QED) is 0.124. The van der Waals surface area contributed by atoms with E-state index in [0.29, 0.717) is 28.7 Å². The van der Waals surface area contributed by atoms with Gasteiger partial charge in [0.05, 0.1) is 11.1 Å². The highest BCUT2D eigenvalue weighted by Gasteiger charge is 2.48. The summed E-state index contributed by atoms with van der Waals surface area (Å²) in [6.07, 6.45) is 3.45. The minimum atomic E-state index is -0.511. The van der Waals surface area contributed by atoms with E-state index in [1.54, 1.807) is 12.2 Å². The second-order valence-corrected chi connectivity index (χ2v) is 17.4. The van der Waals surface area contributed by atoms with Gasteiger partial charge in [0.25, 0.3) is 0 Å². The van der Waals surface area contributed by atoms with Crippen LogP contribution in [0.1, 0.15) is 45.9 Å². The molecule has 4 heteroatoms. The van der Waals surface area contributed by atoms with Crippen LogP contribution >= 0.6 is 0 Å². The van der Waals surface area contributed by atoms with Gasteiger partial charge in [0, 0.05) is 11.3 Å². The predicted molar refractivity (Wildman–Crippen MR) is 291 cm³/mol. The van der Waals surface area contributed by atoms with Crippen LogP contribution in [0.3, 0.4) is 0 Å². The van der Waals surface area contributed by atoms with Crippen molar-refractivity contribution >= 4 is 22.2 Å². The van der Waals surface area contributed by atoms with E-state index < -0.39 is 5.41 Å². The first kappa shape index (κ1) is 44.8. The van der Waals surface area contributed by atoms with Crippen LogP contribution in [0.2, 0.25) is 0 Å². The Bertz CT molecular complexity index is 3490. The number of hydrogen-bond donors (Lipinski definition) is 2. The molecule has 0 fully saturated rings. The van der Waals surface area contributed by atoms with Crippen LogP contribution in [0.5, 0.6) is 23.0 Å². The maximum absolute atomic E-state index is 8.61. The number of benzene rings is 10. The summed E-state index contributed by atoms with van der Waals surface area (Å²) in [4.78, 5) is 0. The molecule has 4 nitrogen and oxygen atoms in total. The molecule has 0 amide bonds. The molecular weight excluding hydrogens is 853 g/mol. The van der Waals surface area contributed by atoms with Crippen molar-refractivity contribution in [3.63, 3.8) is 0 Å². The summed E-state index contributed by atoms with van der Waals surface area (Å²) in [5, 5.41) is 11.3. The van der Waals surface area contributed by atoms with Crippen molar-refractivity contribution in [2.24, 2.45) is 5.73 Å². The second-order valence-electron chi connectivity index (χ2n) is 17.4. The first-order valence-electron chi connectivity index (χ1n) is 23.6. The number of fused-ring (bicyclic) bond motifs is 7. The highest BCUT2D eigenvalue weighted by atomic mass is 16.6. The van der Waals surface area contributed by atoms with Gasteiger partial charge in [-0.25, -0.2) is 0 Å². The molecule has 0 bridgehead atoms. The van der Waals surface area contributed by atoms with E-state index in [9.17, 15) is 0 Å². The maximum atomic E-state index is 8.61. The van der Waals surface area contributed by atoms with Gasteiger partial charge >= 0.3 is 0 Å². The van der Waals surface area contributed by atoms with Crippen molar-refractivity contribution in [2.75, 3.05) is 0 Å². The van der Waals surface area contributed by atoms with E-state index in [2.05, 4.69) is 177 Å². The fourth-order valence-corrected chi connectivity index (χ4v) is 9.86. The summed E-state index contributed by atoms with van der Waals surface area (Å²) in [6.45, 7) is 7.41. The number of rotatable bonds is 7. The van der Waals surface area contributed by atoms with Gasteiger partial charge in [-0.15, -0.1) is 6.58 Å². The Balaban J connectivity index is 0.000000236. The zero-order valence-electron chi connectivity index (χ0n) is 39.3. The molecule has 12 rings (SSSR count). The van der Waals surface area contributed by atoms with Crippen LogP contribution in [0.15, 0.2) is 255 Å². The van der Waals surface area contributed by atoms with Crippen LogP contribution in [-0.4, -0.2) is 5.71 Å². The van der Waals surface area contributed by atoms with Crippen molar-refractivity contribution in [1.29, 1.82) is 5.41 Å². The number of hydrogen-bond acceptors (Lipinski definition) is 4. The molecule has 0 saturated heterocycles. The Morgan fingerprint density at radius 2 is 1.04 bits per heavy atom. The van der Waals surface area contributed by atoms with Gasteiger partial charge < -0.3 is 20.6 Å². The molecule has 338 valence electrons. The van der Waals surface area contributed by atoms with Crippen molar-refractivity contribution in [1.82, 2.24) is 0 Å². The van der Waals surface area contributed by atoms with Crippen molar-refractivity contribution in [3.05, 3.63) is 294 Å². The van der Waals surface area contributed by atoms with Gasteiger partial charge in [-0.1, -0.05) is 224 Å². The predicted octanol–water partition coefficient (Wildman–Crippen LogP) is 17.0. The van der Waals surface area contributed by atoms with Gasteiger partial charge in [0.1, 0.15) is 0 Å². The van der Waals surface area contributed by atoms with Gasteiger partial charge in [-0.3, -0.25) is 0 Å². The Kier molecular flexibility index (Phi) is 12.6. The molecule has 0 saturated carbocycles. The first-order chi connectivity index (χ1) is 34.4. The summed E-state index contributed by atoms with van der Waals surface area (Å²) >= 11 is 0. The Labute approximate surface area is 410 Å². The molecule has 2 aliphatic rings. The molecule has 3 N–H and O–H groups in total. The van der Waals surface area contributed by atoms with Crippen LogP contribution in [-0.2, 0) is 5.41 Å². The molecule has 10 aromatic rings. The lowest BCUT2D eigenvalue weighted by Crippen LogP contribution is -2.28. The van der Waals surface area contributed by atoms with E-state index in [1.165, 1.54) is 49.7 Å². The van der Waals surface area contributed by atoms with Crippen LogP contribution in [0, 0.1) is 12.3 Å². The largest absolute Gasteiger partial charge is 0.449 e. The lowest BCUT2D eigenvalue weighted by Gasteiger charge is -2.34. The molecule has 1 aliphatic heterocycles. The fourth-order valence-electron chi connectivity index (χ4n) is 9.86. The van der Waals surface area contributed by atoms with E-state index in [0.717, 1.165) is 39.1 Å². The normalized spacial score (nSPS) is 12.5. The van der Waals surface area contributed by atoms with E-state index in [-0.39, 0.29) is 0 Å². The molecule has 0 unspecified atom stereocenters. The topological polar surface area (TPSA) is 68.3 Å². The van der Waals surface area contributed by atoms with Gasteiger partial charge in [-0.2, -0.15) is 0 Å². The lowest BCUT2D eigenvalue weighted by molar-refractivity contribution is 0.360. The molecule has 0 spiro atoms. The van der Waals surface area contributed by atoms with Gasteiger partial charge in [0.2, 0.25) is 0 Å². The Morgan fingerprint density at radius 3 is 1.71 bits per heavy atom. The first-order valence-corrected chi connectivity index (χ1v) is 23.6. The third-order valence-corrected chi connectivity index (χ3v) is 13.1. The number of aryl methyl sites for hydroxylation is 1. The molecule has 1 aliphatic carbocycles. The standard InChI is InChI=1S/C46H32N2O2.C17H14.C3H6/c47-39(31-12-4-1-5-13-31)29-40(48)32-22-20-30(21-23-32)33-24-26-41-43(28-33)49-42-27-25-38-44(45(42)50-41)36-18-10-11-19-37(36)46(38,34-14-6-2-7-15-34)35-16-8-3-9-17-35;1-13-11-12-16(14-7-3-2-4-8-14)17-10-6-5-9-15(13)17;1-3-2/h1-29,48H,47H2;2-12H,1H3;3H,1H2,2H3/b39-29-,48-40?;;. The minimum Gasteiger partial charge on any atom is -0.449 e. The van der Waals surface area contributed by atoms with Crippen molar-refractivity contribution < 1.29 is 9.47 Å². The molecule has 0 radical (unpaired) electrons. The molecule has 10 aromatic carbocycles. The van der Waals surface area contributed by atoms with Gasteiger partial charge in [-0.05, 0) is 116 Å². The SMILES string of the molecule is C=CC.Cc1ccc(-c2ccccc2)c2ccccc12.N=C(/C=C(\N)c1ccccc1)c1ccc(-c2ccc3c(c2)Oc2ccc4c(c2O3)-c2ccccc2C4(c2ccccc2)c2ccccc2)cc1. The highest BCUT2D eigenvalue weighted by molar-refractivity contribution is 6.10. The maximum Gasteiger partial charge on any atom is 0.178 e. The smallest absolute Gasteiger partial charge is 0.178 e. The molecular formula is C66H52N2O2. The van der Waals surface area contributed by atoms with E-state index in [4.69, 9.17) is 20.6 Å². The van der Waals surface area contributed by atoms with Crippen LogP contribution in [0.4, 0.5) is 0 Å². The average Bonchev–Trinajstić information content (AvgIpc) is 3.73. The lowest BCUT2D eigenvalue weighted by atomic mass is 9.68. The zero-order chi connectivity index (χ0) is 48.0. The third-order valence-electron chi connectivity index (χ3n) is 13.1. The summed E-state index contributed by atoms with van der Waals surface area (Å²) in [6, 6.07) is 81.7. The minimum absolute atomic E-state index is 0.356. The zero-order valence-corrected chi connectivity index (χ0v) is 39.3. The fraction of sp³-hybridized carbons (Fsp3) is 0.0455. The number of allylic oxidation sites excluding steroid dienone is 2. The number of ether oxygens (including phenoxy) is 2. The summed E-state index contributed by atoms with van der Waals surface area (Å²) in [7, 11) is 0. The average molecular weight is 905 g/mol. The summed E-state index contributed by atoms with van der Waals surface area (Å²) in [5.74, 6) is 2.75. The van der Waals surface area contributed by atoms with Crippen molar-refractivity contribution in [2.45, 2.75) is 19.3 Å². The van der Waals surface area contributed by atoms with E-state index >= 15 is 0 Å². The van der Waals surface area contributed by atoms with Crippen LogP contribution in [0.25, 0.3) is 49.9 Å². The summed E-state index contributed by atoms with van der Waals surface area (Å²) < 4.78 is 13.4. The van der Waals surface area contributed by atoms with Crippen LogP contribution < -0.4 is 15.2 Å². The molecule has 1 heterocycles. The number of nitrogens with two attached hydrogens (primary N) is 1. The molecule has 0 aromatic heterocycles. The Morgan fingerprint density at radius 1 is 0.486 bits per heavy atom. The van der Waals surface area contributed by atoms with Crippen molar-refractivity contribution in [3.8, 4) is 56.4 Å². The molecule has 0 atom stereocenters. The Hall–Kier alpha value is -8.99. The van der Waals surface area contributed by atoms with Gasteiger partial charge in [0.15, 0.2) is 23.0 Å². The molecule has 70 heavy (non-hydrogen) atoms. The monoisotopic (exact) mass is 904 g/mol. The summed E-state index contributed by atoms with van der Waals surface area (Å²) in [5.41, 5.74) is 21.3. The highest BCUT2D eigenvalue weighted by Crippen LogP contribution is 2.62. The second kappa shape index (κ2) is 19.7. The number of nitrogens with one attached hydrogen (secondary N) is 1. The third kappa shape index (κ3) is 8.37.